The van der Waals surface area contributed by atoms with Crippen LogP contribution in [0.3, 0.4) is 0 Å². The fourth-order valence-corrected chi connectivity index (χ4v) is 6.73. The van der Waals surface area contributed by atoms with Crippen LogP contribution in [0.4, 0.5) is 5.82 Å². The van der Waals surface area contributed by atoms with E-state index in [2.05, 4.69) is 52.2 Å². The summed E-state index contributed by atoms with van der Waals surface area (Å²) in [6.07, 6.45) is 5.71. The molecule has 4 heterocycles. The highest BCUT2D eigenvalue weighted by Gasteiger charge is 2.28. The first kappa shape index (κ1) is 29.1. The molecule has 3 N–H and O–H groups in total. The Hall–Kier alpha value is -3.39. The predicted molar refractivity (Wildman–Crippen MR) is 164 cm³/mol. The summed E-state index contributed by atoms with van der Waals surface area (Å²) >= 11 is 0. The summed E-state index contributed by atoms with van der Waals surface area (Å²) in [6.45, 7) is 10.1. The van der Waals surface area contributed by atoms with E-state index < -0.39 is 10.8 Å². The lowest BCUT2D eigenvalue weighted by molar-refractivity contribution is -0.0747. The van der Waals surface area contributed by atoms with E-state index in [9.17, 15) is 9.47 Å². The van der Waals surface area contributed by atoms with Gasteiger partial charge < -0.3 is 24.7 Å². The number of rotatable bonds is 9. The predicted octanol–water partition coefficient (Wildman–Crippen LogP) is 3.96. The first-order valence-corrected chi connectivity index (χ1v) is 15.8. The van der Waals surface area contributed by atoms with Crippen LogP contribution in [0.25, 0.3) is 5.57 Å². The topological polar surface area (TPSA) is 117 Å². The van der Waals surface area contributed by atoms with Crippen LogP contribution < -0.4 is 10.1 Å². The highest BCUT2D eigenvalue weighted by Crippen LogP contribution is 2.28. The number of anilines is 1. The van der Waals surface area contributed by atoms with E-state index in [1.165, 1.54) is 5.70 Å². The van der Waals surface area contributed by atoms with E-state index in [0.717, 1.165) is 74.9 Å². The van der Waals surface area contributed by atoms with E-state index in [1.54, 1.807) is 12.1 Å². The van der Waals surface area contributed by atoms with Gasteiger partial charge in [0.05, 0.1) is 30.5 Å². The Balaban J connectivity index is 1.27. The molecule has 3 aliphatic heterocycles. The smallest absolute Gasteiger partial charge is 0.137 e. The zero-order valence-electron chi connectivity index (χ0n) is 24.2. The molecule has 0 saturated carbocycles. The number of nitrogens with zero attached hydrogens (tertiary/aromatic N) is 3. The molecule has 0 spiro atoms. The Labute approximate surface area is 245 Å². The van der Waals surface area contributed by atoms with Crippen molar-refractivity contribution in [2.45, 2.75) is 38.8 Å². The van der Waals surface area contributed by atoms with E-state index >= 15 is 0 Å². The number of piperazine rings is 1. The van der Waals surface area contributed by atoms with Gasteiger partial charge in [0.25, 0.3) is 0 Å². The van der Waals surface area contributed by atoms with Crippen molar-refractivity contribution in [3.8, 4) is 11.8 Å². The molecule has 10 heteroatoms. The molecular weight excluding hydrogens is 536 g/mol. The Kier molecular flexibility index (Phi) is 9.28. The number of aromatic amines is 1. The van der Waals surface area contributed by atoms with Crippen molar-refractivity contribution in [2.75, 3.05) is 63.3 Å². The average Bonchev–Trinajstić information content (AvgIpc) is 3.41. The second-order valence-electron chi connectivity index (χ2n) is 11.0. The SMILES string of the molecule is CNc1[nH]c(/C(C)=C/C=C(\C)N2CCN(C3COC3)CC2)cc1C(=N)c1ccc(OC2CCS(=O)CC2)c(C#N)c1. The highest BCUT2D eigenvalue weighted by molar-refractivity contribution is 7.85. The molecule has 0 unspecified atom stereocenters. The van der Waals surface area contributed by atoms with E-state index in [1.807, 2.05) is 19.2 Å². The molecule has 0 amide bonds. The molecule has 0 atom stereocenters. The minimum absolute atomic E-state index is 0.0345. The maximum Gasteiger partial charge on any atom is 0.137 e. The van der Waals surface area contributed by atoms with Gasteiger partial charge in [-0.25, -0.2) is 0 Å². The van der Waals surface area contributed by atoms with Crippen LogP contribution in [0, 0.1) is 16.7 Å². The summed E-state index contributed by atoms with van der Waals surface area (Å²) < 4.78 is 23.1. The molecule has 1 aromatic heterocycles. The van der Waals surface area contributed by atoms with Gasteiger partial charge in [-0.3, -0.25) is 14.5 Å². The van der Waals surface area contributed by atoms with Crippen molar-refractivity contribution in [3.05, 3.63) is 64.5 Å². The van der Waals surface area contributed by atoms with Gasteiger partial charge in [-0.2, -0.15) is 5.26 Å². The molecule has 0 aliphatic carbocycles. The Morgan fingerprint density at radius 1 is 1.17 bits per heavy atom. The molecule has 218 valence electrons. The van der Waals surface area contributed by atoms with Crippen molar-refractivity contribution >= 4 is 27.9 Å². The summed E-state index contributed by atoms with van der Waals surface area (Å²) in [6, 6.07) is 10.1. The first-order chi connectivity index (χ1) is 19.9. The van der Waals surface area contributed by atoms with Crippen LogP contribution in [0.5, 0.6) is 5.75 Å². The highest BCUT2D eigenvalue weighted by atomic mass is 32.2. The number of H-pyrrole nitrogens is 1. The minimum atomic E-state index is -0.765. The summed E-state index contributed by atoms with van der Waals surface area (Å²) in [5, 5.41) is 21.9. The van der Waals surface area contributed by atoms with Crippen molar-refractivity contribution in [1.29, 1.82) is 10.7 Å². The number of ether oxygens (including phenoxy) is 2. The van der Waals surface area contributed by atoms with Crippen LogP contribution in [-0.4, -0.2) is 94.8 Å². The molecule has 3 saturated heterocycles. The second kappa shape index (κ2) is 13.1. The van der Waals surface area contributed by atoms with Crippen LogP contribution in [0.15, 0.2) is 42.1 Å². The van der Waals surface area contributed by atoms with Crippen molar-refractivity contribution in [2.24, 2.45) is 0 Å². The zero-order chi connectivity index (χ0) is 28.9. The van der Waals surface area contributed by atoms with Gasteiger partial charge in [0.15, 0.2) is 0 Å². The van der Waals surface area contributed by atoms with Crippen LogP contribution in [-0.2, 0) is 15.5 Å². The van der Waals surface area contributed by atoms with Crippen molar-refractivity contribution < 1.29 is 13.7 Å². The number of hydrogen-bond acceptors (Lipinski definition) is 8. The minimum Gasteiger partial charge on any atom is -0.489 e. The van der Waals surface area contributed by atoms with E-state index in [4.69, 9.17) is 14.9 Å². The average molecular weight is 577 g/mol. The lowest BCUT2D eigenvalue weighted by atomic mass is 10.0. The molecule has 0 bridgehead atoms. The number of nitriles is 1. The van der Waals surface area contributed by atoms with Gasteiger partial charge in [-0.15, -0.1) is 0 Å². The fourth-order valence-electron chi connectivity index (χ4n) is 5.48. The van der Waals surface area contributed by atoms with Gasteiger partial charge in [0, 0.05) is 78.0 Å². The van der Waals surface area contributed by atoms with Crippen molar-refractivity contribution in [3.63, 3.8) is 0 Å². The van der Waals surface area contributed by atoms with E-state index in [-0.39, 0.29) is 6.10 Å². The lowest BCUT2D eigenvalue weighted by Crippen LogP contribution is -2.56. The Bertz CT molecular complexity index is 1380. The third-order valence-electron chi connectivity index (χ3n) is 8.30. The van der Waals surface area contributed by atoms with E-state index in [0.29, 0.717) is 40.1 Å². The van der Waals surface area contributed by atoms with Gasteiger partial charge in [0.1, 0.15) is 23.7 Å². The Morgan fingerprint density at radius 3 is 2.54 bits per heavy atom. The van der Waals surface area contributed by atoms with Crippen LogP contribution in [0.2, 0.25) is 0 Å². The molecule has 2 aromatic rings. The van der Waals surface area contributed by atoms with Crippen LogP contribution in [0.1, 0.15) is 49.1 Å². The lowest BCUT2D eigenvalue weighted by Gasteiger charge is -2.43. The molecule has 9 nitrogen and oxygen atoms in total. The Morgan fingerprint density at radius 2 is 1.90 bits per heavy atom. The molecule has 3 fully saturated rings. The van der Waals surface area contributed by atoms with Crippen LogP contribution >= 0.6 is 0 Å². The number of hydrogen-bond donors (Lipinski definition) is 3. The quantitative estimate of drug-likeness (QED) is 0.306. The molecule has 1 aromatic carbocycles. The largest absolute Gasteiger partial charge is 0.489 e. The van der Waals surface area contributed by atoms with Crippen molar-refractivity contribution in [1.82, 2.24) is 14.8 Å². The molecule has 3 aliphatic rings. The van der Waals surface area contributed by atoms with Gasteiger partial charge >= 0.3 is 0 Å². The number of benzene rings is 1. The maximum absolute atomic E-state index is 11.7. The number of nitrogens with one attached hydrogen (secondary N) is 3. The van der Waals surface area contributed by atoms with Gasteiger partial charge in [-0.1, -0.05) is 6.08 Å². The fraction of sp³-hybridized carbons (Fsp3) is 0.484. The summed E-state index contributed by atoms with van der Waals surface area (Å²) in [5.74, 6) is 2.54. The van der Waals surface area contributed by atoms with Gasteiger partial charge in [0.2, 0.25) is 0 Å². The second-order valence-corrected chi connectivity index (χ2v) is 12.7. The standard InChI is InChI=1S/C31H40N6O3S/c1-21(4-5-22(2)36-10-12-37(13-11-36)25-19-39-20-25)28-17-27(31(34-3)35-28)30(33)23-6-7-29(24(16-23)18-32)40-26-8-14-41(38)15-9-26/h4-7,16-17,25-26,33-35H,8-15,19-20H2,1-3H3/b21-4+,22-5+,33-30?. The zero-order valence-corrected chi connectivity index (χ0v) is 25.0. The molecule has 5 rings (SSSR count). The number of aromatic nitrogens is 1. The monoisotopic (exact) mass is 576 g/mol. The third kappa shape index (κ3) is 6.75. The summed E-state index contributed by atoms with van der Waals surface area (Å²) in [5.41, 5.74) is 5.35. The first-order valence-electron chi connectivity index (χ1n) is 14.3. The summed E-state index contributed by atoms with van der Waals surface area (Å²) in [4.78, 5) is 8.38. The maximum atomic E-state index is 11.7. The molecule has 41 heavy (non-hydrogen) atoms. The van der Waals surface area contributed by atoms with Gasteiger partial charge in [-0.05, 0) is 62.6 Å². The molecular formula is C31H40N6O3S. The normalized spacial score (nSPS) is 22.6. The molecule has 0 radical (unpaired) electrons. The third-order valence-corrected chi connectivity index (χ3v) is 9.69. The number of allylic oxidation sites excluding steroid dienone is 4. The summed E-state index contributed by atoms with van der Waals surface area (Å²) in [7, 11) is 1.07.